The van der Waals surface area contributed by atoms with Crippen molar-refractivity contribution in [3.63, 3.8) is 0 Å². The maximum atomic E-state index is 13.2. The highest BCUT2D eigenvalue weighted by atomic mass is 35.5. The first-order chi connectivity index (χ1) is 7.53. The summed E-state index contributed by atoms with van der Waals surface area (Å²) in [6, 6.07) is 9.37. The highest BCUT2D eigenvalue weighted by Crippen LogP contribution is 2.40. The van der Waals surface area contributed by atoms with Crippen molar-refractivity contribution in [1.29, 1.82) is 0 Å². The monoisotopic (exact) mass is 282 g/mol. The summed E-state index contributed by atoms with van der Waals surface area (Å²) in [5.74, 6) is 0. The molecule has 1 N–H and O–H groups in total. The van der Waals surface area contributed by atoms with Crippen LogP contribution in [-0.2, 0) is 0 Å². The summed E-state index contributed by atoms with van der Waals surface area (Å²) in [5.41, 5.74) is 0.844. The second-order valence-electron chi connectivity index (χ2n) is 3.01. The van der Waals surface area contributed by atoms with Crippen LogP contribution in [0, 0.1) is 0 Å². The average molecular weight is 283 g/mol. The minimum atomic E-state index is -2.33. The van der Waals surface area contributed by atoms with Crippen LogP contribution in [0.15, 0.2) is 30.3 Å². The molecule has 0 aliphatic carbocycles. The molecule has 0 saturated heterocycles. The lowest BCUT2D eigenvalue weighted by Crippen LogP contribution is -2.31. The molecule has 1 aromatic rings. The molecule has 0 amide bonds. The highest BCUT2D eigenvalue weighted by Gasteiger charge is 2.27. The SMILES string of the molecule is CCNCN(SC(F)(Cl)Cl)c1ccccc1. The van der Waals surface area contributed by atoms with E-state index in [1.54, 1.807) is 4.31 Å². The lowest BCUT2D eigenvalue weighted by molar-refractivity contribution is 0.514. The largest absolute Gasteiger partial charge is 0.323 e. The molecule has 1 aromatic carbocycles. The molecule has 2 nitrogen and oxygen atoms in total. The first-order valence-corrected chi connectivity index (χ1v) is 6.35. The summed E-state index contributed by atoms with van der Waals surface area (Å²) in [7, 11) is 0. The highest BCUT2D eigenvalue weighted by molar-refractivity contribution is 8.04. The van der Waals surface area contributed by atoms with E-state index in [2.05, 4.69) is 5.32 Å². The number of nitrogens with zero attached hydrogens (tertiary/aromatic N) is 1. The molecule has 0 aliphatic heterocycles. The predicted octanol–water partition coefficient (Wildman–Crippen LogP) is 3.77. The molecule has 0 spiro atoms. The van der Waals surface area contributed by atoms with Crippen LogP contribution >= 0.6 is 35.1 Å². The van der Waals surface area contributed by atoms with Crippen LogP contribution < -0.4 is 9.62 Å². The maximum Gasteiger partial charge on any atom is 0.323 e. The second-order valence-corrected chi connectivity index (χ2v) is 5.88. The van der Waals surface area contributed by atoms with Gasteiger partial charge in [-0.2, -0.15) is 4.39 Å². The van der Waals surface area contributed by atoms with Crippen LogP contribution in [0.4, 0.5) is 10.1 Å². The van der Waals surface area contributed by atoms with Gasteiger partial charge in [-0.15, -0.1) is 0 Å². The van der Waals surface area contributed by atoms with Gasteiger partial charge >= 0.3 is 3.92 Å². The van der Waals surface area contributed by atoms with E-state index in [0.29, 0.717) is 6.67 Å². The number of nitrogens with one attached hydrogen (secondary N) is 1. The Hall–Kier alpha value is -0.160. The van der Waals surface area contributed by atoms with E-state index in [1.807, 2.05) is 37.3 Å². The number of benzene rings is 1. The molecular weight excluding hydrogens is 270 g/mol. The number of rotatable bonds is 6. The first kappa shape index (κ1) is 13.9. The van der Waals surface area contributed by atoms with E-state index in [9.17, 15) is 4.39 Å². The van der Waals surface area contributed by atoms with E-state index in [0.717, 1.165) is 24.2 Å². The van der Waals surface area contributed by atoms with Crippen molar-refractivity contribution >= 4 is 40.8 Å². The Kier molecular flexibility index (Phi) is 5.69. The standard InChI is InChI=1S/C10H13Cl2FN2S/c1-2-14-8-15(16-10(11,12)13)9-6-4-3-5-7-9/h3-7,14H,2,8H2,1H3. The molecule has 0 saturated carbocycles. The van der Waals surface area contributed by atoms with E-state index < -0.39 is 3.92 Å². The Morgan fingerprint density at radius 1 is 1.38 bits per heavy atom. The van der Waals surface area contributed by atoms with Gasteiger partial charge in [0.2, 0.25) is 0 Å². The topological polar surface area (TPSA) is 15.3 Å². The van der Waals surface area contributed by atoms with Crippen molar-refractivity contribution in [2.75, 3.05) is 17.5 Å². The number of anilines is 1. The first-order valence-electron chi connectivity index (χ1n) is 4.82. The van der Waals surface area contributed by atoms with Crippen LogP contribution in [0.5, 0.6) is 0 Å². The molecule has 0 aromatic heterocycles. The van der Waals surface area contributed by atoms with Crippen molar-refractivity contribution < 1.29 is 4.39 Å². The Morgan fingerprint density at radius 3 is 2.50 bits per heavy atom. The minimum Gasteiger partial charge on any atom is -0.299 e. The van der Waals surface area contributed by atoms with Gasteiger partial charge in [0.1, 0.15) is 0 Å². The van der Waals surface area contributed by atoms with Gasteiger partial charge in [0.25, 0.3) is 0 Å². The van der Waals surface area contributed by atoms with Crippen LogP contribution in [-0.4, -0.2) is 17.1 Å². The zero-order valence-electron chi connectivity index (χ0n) is 8.79. The molecule has 0 unspecified atom stereocenters. The van der Waals surface area contributed by atoms with Gasteiger partial charge in [-0.1, -0.05) is 48.3 Å². The number of hydrogen-bond acceptors (Lipinski definition) is 3. The lowest BCUT2D eigenvalue weighted by Gasteiger charge is -2.25. The molecule has 90 valence electrons. The zero-order valence-corrected chi connectivity index (χ0v) is 11.1. The van der Waals surface area contributed by atoms with Crippen LogP contribution in [0.25, 0.3) is 0 Å². The van der Waals surface area contributed by atoms with Crippen LogP contribution in [0.1, 0.15) is 6.92 Å². The van der Waals surface area contributed by atoms with E-state index in [-0.39, 0.29) is 0 Å². The smallest absolute Gasteiger partial charge is 0.299 e. The molecule has 0 atom stereocenters. The molecule has 0 heterocycles. The minimum absolute atomic E-state index is 0.469. The van der Waals surface area contributed by atoms with Gasteiger partial charge < -0.3 is 0 Å². The van der Waals surface area contributed by atoms with Crippen molar-refractivity contribution in [1.82, 2.24) is 5.32 Å². The third-order valence-electron chi connectivity index (χ3n) is 1.76. The van der Waals surface area contributed by atoms with E-state index in [1.165, 1.54) is 0 Å². The Balaban J connectivity index is 2.71. The van der Waals surface area contributed by atoms with Gasteiger partial charge in [-0.05, 0) is 18.7 Å². The summed E-state index contributed by atoms with van der Waals surface area (Å²) in [6.07, 6.45) is 0. The molecule has 0 aliphatic rings. The molecule has 0 radical (unpaired) electrons. The van der Waals surface area contributed by atoms with Crippen LogP contribution in [0.3, 0.4) is 0 Å². The summed E-state index contributed by atoms with van der Waals surface area (Å²) in [5, 5.41) is 3.09. The summed E-state index contributed by atoms with van der Waals surface area (Å²) >= 11 is 11.4. The Morgan fingerprint density at radius 2 is 2.00 bits per heavy atom. The summed E-state index contributed by atoms with van der Waals surface area (Å²) < 4.78 is 12.5. The molecule has 0 fully saturated rings. The van der Waals surface area contributed by atoms with E-state index in [4.69, 9.17) is 23.2 Å². The fraction of sp³-hybridized carbons (Fsp3) is 0.400. The quantitative estimate of drug-likeness (QED) is 0.486. The number of halogens is 3. The summed E-state index contributed by atoms with van der Waals surface area (Å²) in [6.45, 7) is 3.22. The Bertz CT molecular complexity index is 305. The van der Waals surface area contributed by atoms with Gasteiger partial charge in [0.15, 0.2) is 0 Å². The van der Waals surface area contributed by atoms with Crippen molar-refractivity contribution in [3.8, 4) is 0 Å². The van der Waals surface area contributed by atoms with Crippen molar-refractivity contribution in [3.05, 3.63) is 30.3 Å². The van der Waals surface area contributed by atoms with E-state index >= 15 is 0 Å². The second kappa shape index (κ2) is 6.55. The Labute approximate surface area is 109 Å². The normalized spacial score (nSPS) is 11.5. The molecule has 16 heavy (non-hydrogen) atoms. The van der Waals surface area contributed by atoms with Crippen molar-refractivity contribution in [2.24, 2.45) is 0 Å². The molecule has 1 rings (SSSR count). The maximum absolute atomic E-state index is 13.2. The number of alkyl halides is 3. The summed E-state index contributed by atoms with van der Waals surface area (Å²) in [4.78, 5) is 0. The zero-order chi connectivity index (χ0) is 12.0. The fourth-order valence-electron chi connectivity index (χ4n) is 1.11. The van der Waals surface area contributed by atoms with Gasteiger partial charge in [-0.3, -0.25) is 9.62 Å². The predicted molar refractivity (Wildman–Crippen MR) is 70.6 cm³/mol. The van der Waals surface area contributed by atoms with Gasteiger partial charge in [0.05, 0.1) is 6.67 Å². The van der Waals surface area contributed by atoms with Gasteiger partial charge in [0, 0.05) is 17.6 Å². The van der Waals surface area contributed by atoms with Crippen LogP contribution in [0.2, 0.25) is 0 Å². The third kappa shape index (κ3) is 5.25. The molecular formula is C10H13Cl2FN2S. The number of hydrogen-bond donors (Lipinski definition) is 1. The molecule has 0 bridgehead atoms. The third-order valence-corrected chi connectivity index (χ3v) is 2.94. The van der Waals surface area contributed by atoms with Gasteiger partial charge in [-0.25, -0.2) is 0 Å². The fourth-order valence-corrected chi connectivity index (χ4v) is 2.24. The molecule has 6 heteroatoms. The lowest BCUT2D eigenvalue weighted by atomic mass is 10.3. The average Bonchev–Trinajstić information content (AvgIpc) is 2.24. The van der Waals surface area contributed by atoms with Crippen molar-refractivity contribution in [2.45, 2.75) is 10.8 Å². The number of para-hydroxylation sites is 1.